The van der Waals surface area contributed by atoms with Gasteiger partial charge in [-0.2, -0.15) is 5.10 Å². The maximum atomic E-state index is 10.3. The monoisotopic (exact) mass is 303 g/mol. The quantitative estimate of drug-likeness (QED) is 0.824. The van der Waals surface area contributed by atoms with Gasteiger partial charge in [-0.3, -0.25) is 4.68 Å². The second-order valence-corrected chi connectivity index (χ2v) is 5.39. The Kier molecular flexibility index (Phi) is 5.57. The molecule has 22 heavy (non-hydrogen) atoms. The van der Waals surface area contributed by atoms with Crippen LogP contribution in [0.1, 0.15) is 35.5 Å². The third-order valence-electron chi connectivity index (χ3n) is 3.95. The lowest BCUT2D eigenvalue weighted by molar-refractivity contribution is 0.174. The van der Waals surface area contributed by atoms with Crippen molar-refractivity contribution in [1.82, 2.24) is 15.1 Å². The van der Waals surface area contributed by atoms with Gasteiger partial charge in [0.2, 0.25) is 0 Å². The molecule has 1 atom stereocenters. The molecule has 2 N–H and O–H groups in total. The molecule has 0 amide bonds. The number of rotatable bonds is 7. The molecule has 0 radical (unpaired) electrons. The van der Waals surface area contributed by atoms with E-state index in [-0.39, 0.29) is 0 Å². The van der Waals surface area contributed by atoms with Crippen molar-refractivity contribution in [1.29, 1.82) is 0 Å². The van der Waals surface area contributed by atoms with E-state index in [1.165, 1.54) is 11.3 Å². The molecule has 0 spiro atoms. The number of benzene rings is 1. The zero-order valence-electron chi connectivity index (χ0n) is 13.8. The van der Waals surface area contributed by atoms with Gasteiger partial charge in [0.25, 0.3) is 0 Å². The van der Waals surface area contributed by atoms with Crippen molar-refractivity contribution >= 4 is 0 Å². The Labute approximate surface area is 131 Å². The highest BCUT2D eigenvalue weighted by Gasteiger charge is 2.12. The lowest BCUT2D eigenvalue weighted by Crippen LogP contribution is -2.21. The van der Waals surface area contributed by atoms with Crippen LogP contribution in [0.2, 0.25) is 0 Å². The first kappa shape index (κ1) is 16.5. The van der Waals surface area contributed by atoms with E-state index in [2.05, 4.69) is 24.3 Å². The van der Waals surface area contributed by atoms with Crippen LogP contribution >= 0.6 is 0 Å². The van der Waals surface area contributed by atoms with Crippen LogP contribution in [0, 0.1) is 13.8 Å². The van der Waals surface area contributed by atoms with Crippen LogP contribution in [0.3, 0.4) is 0 Å². The number of nitrogens with one attached hydrogen (secondary N) is 1. The predicted molar refractivity (Wildman–Crippen MR) is 87.0 cm³/mol. The topological polar surface area (TPSA) is 59.3 Å². The van der Waals surface area contributed by atoms with Crippen molar-refractivity contribution in [3.05, 3.63) is 46.8 Å². The maximum Gasteiger partial charge on any atom is 0.119 e. The van der Waals surface area contributed by atoms with Gasteiger partial charge in [0.05, 0.1) is 18.9 Å². The number of aliphatic hydroxyl groups is 1. The van der Waals surface area contributed by atoms with Gasteiger partial charge in [-0.25, -0.2) is 0 Å². The molecule has 1 aromatic heterocycles. The summed E-state index contributed by atoms with van der Waals surface area (Å²) < 4.78 is 7.19. The Morgan fingerprint density at radius 3 is 2.77 bits per heavy atom. The Balaban J connectivity index is 1.94. The highest BCUT2D eigenvalue weighted by molar-refractivity contribution is 5.30. The van der Waals surface area contributed by atoms with Gasteiger partial charge in [0, 0.05) is 30.9 Å². The molecule has 120 valence electrons. The number of methoxy groups -OCH3 is 1. The minimum Gasteiger partial charge on any atom is -0.497 e. The third-order valence-corrected chi connectivity index (χ3v) is 3.95. The fraction of sp³-hybridized carbons (Fsp3) is 0.471. The smallest absolute Gasteiger partial charge is 0.119 e. The van der Waals surface area contributed by atoms with Gasteiger partial charge >= 0.3 is 0 Å². The van der Waals surface area contributed by atoms with Crippen LogP contribution in [0.15, 0.2) is 24.3 Å². The van der Waals surface area contributed by atoms with Crippen molar-refractivity contribution in [3.8, 4) is 5.75 Å². The van der Waals surface area contributed by atoms with Gasteiger partial charge in [-0.1, -0.05) is 12.1 Å². The Morgan fingerprint density at radius 1 is 1.36 bits per heavy atom. The van der Waals surface area contributed by atoms with E-state index in [9.17, 15) is 5.11 Å². The van der Waals surface area contributed by atoms with Gasteiger partial charge in [0.15, 0.2) is 0 Å². The number of nitrogens with zero attached hydrogens (tertiary/aromatic N) is 2. The Hall–Kier alpha value is -1.85. The van der Waals surface area contributed by atoms with Gasteiger partial charge in [-0.15, -0.1) is 0 Å². The largest absolute Gasteiger partial charge is 0.497 e. The van der Waals surface area contributed by atoms with E-state index in [4.69, 9.17) is 4.74 Å². The molecule has 2 aromatic rings. The van der Waals surface area contributed by atoms with E-state index in [1.807, 2.05) is 35.9 Å². The molecule has 0 aliphatic carbocycles. The lowest BCUT2D eigenvalue weighted by atomic mass is 10.1. The molecule has 0 bridgehead atoms. The van der Waals surface area contributed by atoms with Gasteiger partial charge in [-0.05, 0) is 38.5 Å². The van der Waals surface area contributed by atoms with Gasteiger partial charge in [0.1, 0.15) is 5.75 Å². The van der Waals surface area contributed by atoms with Crippen LogP contribution in [0.25, 0.3) is 0 Å². The van der Waals surface area contributed by atoms with Crippen molar-refractivity contribution in [2.75, 3.05) is 13.7 Å². The second kappa shape index (κ2) is 7.42. The average Bonchev–Trinajstić information content (AvgIpc) is 2.82. The van der Waals surface area contributed by atoms with E-state index in [0.29, 0.717) is 13.1 Å². The number of hydrogen-bond acceptors (Lipinski definition) is 4. The average molecular weight is 303 g/mol. The summed E-state index contributed by atoms with van der Waals surface area (Å²) in [7, 11) is 1.63. The van der Waals surface area contributed by atoms with Crippen LogP contribution < -0.4 is 10.1 Å². The van der Waals surface area contributed by atoms with Crippen molar-refractivity contribution < 1.29 is 9.84 Å². The summed E-state index contributed by atoms with van der Waals surface area (Å²) >= 11 is 0. The molecule has 0 aliphatic heterocycles. The van der Waals surface area contributed by atoms with Crippen LogP contribution in [0.4, 0.5) is 0 Å². The molecular weight excluding hydrogens is 278 g/mol. The number of hydrogen-bond donors (Lipinski definition) is 2. The standard InChI is InChI=1S/C17H25N3O2/c1-5-20-13(3)16(12(2)19-20)10-18-11-17(21)14-7-6-8-15(9-14)22-4/h6-9,17-18,21H,5,10-11H2,1-4H3. The number of ether oxygens (including phenoxy) is 1. The first-order valence-corrected chi connectivity index (χ1v) is 7.62. The number of aryl methyl sites for hydroxylation is 2. The van der Waals surface area contributed by atoms with E-state index < -0.39 is 6.10 Å². The highest BCUT2D eigenvalue weighted by Crippen LogP contribution is 2.19. The molecule has 5 heteroatoms. The van der Waals surface area contributed by atoms with Crippen LogP contribution in [-0.4, -0.2) is 28.5 Å². The fourth-order valence-corrected chi connectivity index (χ4v) is 2.60. The maximum absolute atomic E-state index is 10.3. The van der Waals surface area contributed by atoms with Crippen molar-refractivity contribution in [2.45, 2.75) is 40.0 Å². The summed E-state index contributed by atoms with van der Waals surface area (Å²) in [5.74, 6) is 0.757. The molecule has 1 heterocycles. The van der Waals surface area contributed by atoms with Crippen molar-refractivity contribution in [3.63, 3.8) is 0 Å². The number of aliphatic hydroxyl groups excluding tert-OH is 1. The van der Waals surface area contributed by atoms with E-state index in [1.54, 1.807) is 7.11 Å². The molecule has 1 aromatic carbocycles. The first-order valence-electron chi connectivity index (χ1n) is 7.62. The molecule has 0 saturated heterocycles. The van der Waals surface area contributed by atoms with Crippen LogP contribution in [0.5, 0.6) is 5.75 Å². The third kappa shape index (κ3) is 3.67. The molecular formula is C17H25N3O2. The predicted octanol–water partition coefficient (Wildman–Crippen LogP) is 2.35. The summed E-state index contributed by atoms with van der Waals surface area (Å²) in [5.41, 5.74) is 4.29. The summed E-state index contributed by atoms with van der Waals surface area (Å²) in [6, 6.07) is 7.52. The lowest BCUT2D eigenvalue weighted by Gasteiger charge is -2.13. The molecule has 0 saturated carbocycles. The fourth-order valence-electron chi connectivity index (χ4n) is 2.60. The summed E-state index contributed by atoms with van der Waals surface area (Å²) in [6.45, 7) is 8.26. The molecule has 0 fully saturated rings. The summed E-state index contributed by atoms with van der Waals surface area (Å²) in [6.07, 6.45) is -0.558. The zero-order valence-corrected chi connectivity index (χ0v) is 13.8. The number of aromatic nitrogens is 2. The Bertz CT molecular complexity index is 622. The SMILES string of the molecule is CCn1nc(C)c(CNCC(O)c2cccc(OC)c2)c1C. The molecule has 5 nitrogen and oxygen atoms in total. The van der Waals surface area contributed by atoms with Crippen molar-refractivity contribution in [2.24, 2.45) is 0 Å². The highest BCUT2D eigenvalue weighted by atomic mass is 16.5. The summed E-state index contributed by atoms with van der Waals surface area (Å²) in [4.78, 5) is 0. The van der Waals surface area contributed by atoms with E-state index >= 15 is 0 Å². The molecule has 1 unspecified atom stereocenters. The first-order chi connectivity index (χ1) is 10.6. The molecule has 2 rings (SSSR count). The Morgan fingerprint density at radius 2 is 2.14 bits per heavy atom. The normalized spacial score (nSPS) is 12.4. The molecule has 0 aliphatic rings. The minimum absolute atomic E-state index is 0.489. The van der Waals surface area contributed by atoms with Gasteiger partial charge < -0.3 is 15.2 Å². The van der Waals surface area contributed by atoms with Crippen LogP contribution in [-0.2, 0) is 13.1 Å². The zero-order chi connectivity index (χ0) is 16.1. The summed E-state index contributed by atoms with van der Waals surface area (Å²) in [5, 5.41) is 18.1. The van der Waals surface area contributed by atoms with E-state index in [0.717, 1.165) is 23.6 Å². The second-order valence-electron chi connectivity index (χ2n) is 5.39. The minimum atomic E-state index is -0.558.